The summed E-state index contributed by atoms with van der Waals surface area (Å²) in [6.07, 6.45) is 1.89. The number of hydrogen-bond donors (Lipinski definition) is 1. The molecule has 3 aromatic rings. The van der Waals surface area contributed by atoms with Gasteiger partial charge in [0.05, 0.1) is 24.8 Å². The zero-order valence-electron chi connectivity index (χ0n) is 14.3. The van der Waals surface area contributed by atoms with Gasteiger partial charge in [-0.25, -0.2) is 4.85 Å². The van der Waals surface area contributed by atoms with Gasteiger partial charge >= 0.3 is 0 Å². The number of nitriles is 1. The lowest BCUT2D eigenvalue weighted by Crippen LogP contribution is -2.20. The molecule has 0 aliphatic rings. The van der Waals surface area contributed by atoms with E-state index < -0.39 is 0 Å². The summed E-state index contributed by atoms with van der Waals surface area (Å²) in [6.45, 7) is 8.19. The number of rotatable bonds is 5. The average molecular weight is 359 g/mol. The largest absolute Gasteiger partial charge is 0.395 e. The van der Waals surface area contributed by atoms with Crippen LogP contribution >= 0.6 is 11.3 Å². The summed E-state index contributed by atoms with van der Waals surface area (Å²) in [6, 6.07) is 17.4. The molecule has 5 heteroatoms. The first kappa shape index (κ1) is 17.7. The van der Waals surface area contributed by atoms with E-state index in [4.69, 9.17) is 16.9 Å². The summed E-state index contributed by atoms with van der Waals surface area (Å²) in [4.78, 5) is 6.67. The van der Waals surface area contributed by atoms with Gasteiger partial charge in [0.25, 0.3) is 0 Å². The van der Waals surface area contributed by atoms with Gasteiger partial charge in [-0.2, -0.15) is 5.26 Å². The summed E-state index contributed by atoms with van der Waals surface area (Å²) in [5.41, 5.74) is 3.00. The zero-order chi connectivity index (χ0) is 18.5. The number of nitrogens with zero attached hydrogens (tertiary/aromatic N) is 3. The molecule has 0 spiro atoms. The number of aliphatic hydroxyl groups is 1. The number of benzene rings is 2. The molecule has 0 saturated carbocycles. The van der Waals surface area contributed by atoms with Gasteiger partial charge in [0, 0.05) is 28.9 Å². The van der Waals surface area contributed by atoms with Gasteiger partial charge < -0.3 is 10.0 Å². The van der Waals surface area contributed by atoms with Crippen LogP contribution in [0.15, 0.2) is 48.5 Å². The Labute approximate surface area is 156 Å². The maximum Gasteiger partial charge on any atom is 0.195 e. The second-order valence-corrected chi connectivity index (χ2v) is 6.96. The Hall–Kier alpha value is -3.12. The lowest BCUT2D eigenvalue weighted by atomic mass is 10.1. The molecule has 1 N–H and O–H groups in total. The van der Waals surface area contributed by atoms with Crippen molar-refractivity contribution in [1.29, 1.82) is 5.26 Å². The molecule has 0 unspecified atom stereocenters. The molecular weight excluding hydrogens is 342 g/mol. The fraction of sp³-hybridized carbons (Fsp3) is 0.143. The van der Waals surface area contributed by atoms with Crippen molar-refractivity contribution in [2.24, 2.45) is 0 Å². The molecule has 128 valence electrons. The van der Waals surface area contributed by atoms with Crippen LogP contribution in [0.1, 0.15) is 16.0 Å². The molecule has 0 atom stereocenters. The monoisotopic (exact) mass is 359 g/mol. The Morgan fingerprint density at radius 2 is 2.04 bits per heavy atom. The molecule has 0 bridgehead atoms. The van der Waals surface area contributed by atoms with Crippen molar-refractivity contribution >= 4 is 38.9 Å². The summed E-state index contributed by atoms with van der Waals surface area (Å²) < 4.78 is 1.14. The highest BCUT2D eigenvalue weighted by Crippen LogP contribution is 2.32. The molecular formula is C21H17N3OS. The van der Waals surface area contributed by atoms with Gasteiger partial charge in [-0.3, -0.25) is 0 Å². The first-order valence-corrected chi connectivity index (χ1v) is 8.91. The minimum Gasteiger partial charge on any atom is -0.395 e. The van der Waals surface area contributed by atoms with Gasteiger partial charge in [-0.15, -0.1) is 11.3 Å². The van der Waals surface area contributed by atoms with Crippen LogP contribution in [0.25, 0.3) is 26.7 Å². The molecule has 0 aliphatic heterocycles. The molecule has 0 amide bonds. The standard InChI is InChI=1S/C21H17N3OS/c1-23-20(16-5-3-15(14-22)4-6-16)13-19-11-17-7-8-18(12-21(17)26-19)24(2)9-10-25/h3-8,11-13,25H,9-10H2,2H3/b20-13-. The Morgan fingerprint density at radius 3 is 2.69 bits per heavy atom. The number of fused-ring (bicyclic) bond motifs is 1. The highest BCUT2D eigenvalue weighted by Gasteiger charge is 2.07. The van der Waals surface area contributed by atoms with Crippen molar-refractivity contribution in [2.45, 2.75) is 0 Å². The number of aliphatic hydroxyl groups excluding tert-OH is 1. The van der Waals surface area contributed by atoms with Crippen molar-refractivity contribution in [3.63, 3.8) is 0 Å². The minimum atomic E-state index is 0.117. The van der Waals surface area contributed by atoms with E-state index in [0.717, 1.165) is 26.2 Å². The Morgan fingerprint density at radius 1 is 1.27 bits per heavy atom. The van der Waals surface area contributed by atoms with Crippen LogP contribution < -0.4 is 4.90 Å². The third kappa shape index (κ3) is 3.75. The second-order valence-electron chi connectivity index (χ2n) is 5.85. The molecule has 1 aromatic heterocycles. The topological polar surface area (TPSA) is 51.6 Å². The van der Waals surface area contributed by atoms with E-state index in [2.05, 4.69) is 29.1 Å². The predicted molar refractivity (Wildman–Crippen MR) is 108 cm³/mol. The highest BCUT2D eigenvalue weighted by molar-refractivity contribution is 7.19. The zero-order valence-corrected chi connectivity index (χ0v) is 15.1. The van der Waals surface area contributed by atoms with Crippen LogP contribution in [-0.4, -0.2) is 25.3 Å². The van der Waals surface area contributed by atoms with Crippen molar-refractivity contribution in [1.82, 2.24) is 0 Å². The first-order chi connectivity index (χ1) is 12.6. The van der Waals surface area contributed by atoms with Crippen LogP contribution in [0.4, 0.5) is 5.69 Å². The van der Waals surface area contributed by atoms with E-state index >= 15 is 0 Å². The number of thiophene rings is 1. The van der Waals surface area contributed by atoms with E-state index in [1.165, 1.54) is 0 Å². The summed E-state index contributed by atoms with van der Waals surface area (Å²) >= 11 is 1.63. The van der Waals surface area contributed by atoms with Crippen molar-refractivity contribution in [3.8, 4) is 6.07 Å². The van der Waals surface area contributed by atoms with Gasteiger partial charge in [-0.1, -0.05) is 18.2 Å². The van der Waals surface area contributed by atoms with Gasteiger partial charge in [0.2, 0.25) is 0 Å². The molecule has 3 rings (SSSR count). The van der Waals surface area contributed by atoms with E-state index in [-0.39, 0.29) is 6.61 Å². The first-order valence-electron chi connectivity index (χ1n) is 8.10. The average Bonchev–Trinajstić information content (AvgIpc) is 3.08. The summed E-state index contributed by atoms with van der Waals surface area (Å²) in [5, 5.41) is 19.1. The number of hydrogen-bond acceptors (Lipinski definition) is 4. The third-order valence-electron chi connectivity index (χ3n) is 4.11. The van der Waals surface area contributed by atoms with Gasteiger partial charge in [0.15, 0.2) is 5.70 Å². The molecule has 0 saturated heterocycles. The maximum absolute atomic E-state index is 9.09. The normalized spacial score (nSPS) is 11.2. The summed E-state index contributed by atoms with van der Waals surface area (Å²) in [5.74, 6) is 0. The Bertz CT molecular complexity index is 1040. The lowest BCUT2D eigenvalue weighted by molar-refractivity contribution is 0.304. The van der Waals surface area contributed by atoms with Crippen LogP contribution in [-0.2, 0) is 0 Å². The predicted octanol–water partition coefficient (Wildman–Crippen LogP) is 4.62. The van der Waals surface area contributed by atoms with E-state index in [9.17, 15) is 0 Å². The van der Waals surface area contributed by atoms with Crippen LogP contribution in [0.3, 0.4) is 0 Å². The molecule has 0 aliphatic carbocycles. The van der Waals surface area contributed by atoms with Crippen molar-refractivity contribution in [3.05, 3.63) is 76.0 Å². The molecule has 0 radical (unpaired) electrons. The maximum atomic E-state index is 9.09. The fourth-order valence-corrected chi connectivity index (χ4v) is 3.69. The van der Waals surface area contributed by atoms with Gasteiger partial charge in [-0.05, 0) is 47.4 Å². The fourth-order valence-electron chi connectivity index (χ4n) is 2.66. The Kier molecular flexibility index (Phi) is 5.34. The third-order valence-corrected chi connectivity index (χ3v) is 5.15. The molecule has 1 heterocycles. The Balaban J connectivity index is 1.94. The number of anilines is 1. The lowest BCUT2D eigenvalue weighted by Gasteiger charge is -2.17. The minimum absolute atomic E-state index is 0.117. The van der Waals surface area contributed by atoms with E-state index in [1.54, 1.807) is 35.6 Å². The molecule has 26 heavy (non-hydrogen) atoms. The van der Waals surface area contributed by atoms with Crippen molar-refractivity contribution in [2.75, 3.05) is 25.1 Å². The number of likely N-dealkylation sites (N-methyl/N-ethyl adjacent to an activating group) is 1. The van der Waals surface area contributed by atoms with E-state index in [1.807, 2.05) is 24.1 Å². The quantitative estimate of drug-likeness (QED) is 0.676. The van der Waals surface area contributed by atoms with E-state index in [0.29, 0.717) is 17.8 Å². The summed E-state index contributed by atoms with van der Waals surface area (Å²) in [7, 11) is 1.95. The smallest absolute Gasteiger partial charge is 0.195 e. The van der Waals surface area contributed by atoms with Crippen LogP contribution in [0.5, 0.6) is 0 Å². The highest BCUT2D eigenvalue weighted by atomic mass is 32.1. The second kappa shape index (κ2) is 7.84. The van der Waals surface area contributed by atoms with Crippen LogP contribution in [0, 0.1) is 17.9 Å². The molecule has 2 aromatic carbocycles. The van der Waals surface area contributed by atoms with Crippen molar-refractivity contribution < 1.29 is 5.11 Å². The SMILES string of the molecule is [C-]#[N+]/C(=C\c1cc2ccc(N(C)CCO)cc2s1)c1ccc(C#N)cc1. The molecule has 4 nitrogen and oxygen atoms in total. The van der Waals surface area contributed by atoms with Gasteiger partial charge in [0.1, 0.15) is 0 Å². The van der Waals surface area contributed by atoms with Crippen LogP contribution in [0.2, 0.25) is 0 Å². The molecule has 0 fully saturated rings.